The Morgan fingerprint density at radius 1 is 0.760 bits per heavy atom. The fourth-order valence-corrected chi connectivity index (χ4v) is 2.72. The van der Waals surface area contributed by atoms with Gasteiger partial charge in [-0.1, -0.05) is 66.7 Å². The molecule has 25 heavy (non-hydrogen) atoms. The van der Waals surface area contributed by atoms with E-state index in [1.54, 1.807) is 0 Å². The van der Waals surface area contributed by atoms with Crippen molar-refractivity contribution >= 4 is 17.4 Å². The Morgan fingerprint density at radius 2 is 1.36 bits per heavy atom. The second-order valence-electron chi connectivity index (χ2n) is 5.62. The molecule has 3 N–H and O–H groups in total. The van der Waals surface area contributed by atoms with Gasteiger partial charge in [-0.3, -0.25) is 0 Å². The van der Waals surface area contributed by atoms with Crippen LogP contribution in [0.1, 0.15) is 5.56 Å². The number of hydrogen-bond acceptors (Lipinski definition) is 2. The van der Waals surface area contributed by atoms with Crippen molar-refractivity contribution in [2.24, 2.45) is 0 Å². The Bertz CT molecular complexity index is 847. The van der Waals surface area contributed by atoms with E-state index < -0.39 is 0 Å². The summed E-state index contributed by atoms with van der Waals surface area (Å²) in [6.07, 6.45) is 0.497. The van der Waals surface area contributed by atoms with E-state index in [9.17, 15) is 4.79 Å². The number of rotatable bonds is 5. The molecule has 0 aliphatic carbocycles. The minimum absolute atomic E-state index is 0.0388. The smallest absolute Gasteiger partial charge is 0.323 e. The number of nitrogens with one attached hydrogen (secondary N) is 2. The average Bonchev–Trinajstić information content (AvgIpc) is 2.65. The highest BCUT2D eigenvalue weighted by Gasteiger charge is 2.10. The summed E-state index contributed by atoms with van der Waals surface area (Å²) in [5.74, 6) is 0. The van der Waals surface area contributed by atoms with Crippen molar-refractivity contribution in [3.8, 4) is 11.1 Å². The number of hydrogen-bond donors (Lipinski definition) is 3. The lowest BCUT2D eigenvalue weighted by molar-refractivity contribution is 0.262. The Hall–Kier alpha value is -3.11. The first kappa shape index (κ1) is 16.7. The molecule has 4 nitrogen and oxygen atoms in total. The van der Waals surface area contributed by atoms with E-state index in [2.05, 4.69) is 10.6 Å². The van der Waals surface area contributed by atoms with Gasteiger partial charge in [-0.25, -0.2) is 4.79 Å². The van der Waals surface area contributed by atoms with Crippen molar-refractivity contribution in [2.45, 2.75) is 6.42 Å². The van der Waals surface area contributed by atoms with Crippen LogP contribution in [0.5, 0.6) is 0 Å². The predicted octanol–water partition coefficient (Wildman–Crippen LogP) is 4.53. The second-order valence-corrected chi connectivity index (χ2v) is 5.62. The minimum Gasteiger partial charge on any atom is -0.396 e. The predicted molar refractivity (Wildman–Crippen MR) is 102 cm³/mol. The second kappa shape index (κ2) is 8.13. The molecule has 126 valence electrons. The molecule has 2 amide bonds. The topological polar surface area (TPSA) is 61.4 Å². The summed E-state index contributed by atoms with van der Waals surface area (Å²) in [7, 11) is 0. The van der Waals surface area contributed by atoms with Gasteiger partial charge >= 0.3 is 6.03 Å². The van der Waals surface area contributed by atoms with Crippen molar-refractivity contribution in [1.82, 2.24) is 0 Å². The van der Waals surface area contributed by atoms with E-state index >= 15 is 0 Å². The van der Waals surface area contributed by atoms with Gasteiger partial charge in [0.1, 0.15) is 0 Å². The van der Waals surface area contributed by atoms with Crippen LogP contribution in [0.2, 0.25) is 0 Å². The van der Waals surface area contributed by atoms with Gasteiger partial charge in [0.15, 0.2) is 0 Å². The van der Waals surface area contributed by atoms with Crippen molar-refractivity contribution in [3.05, 3.63) is 84.4 Å². The number of para-hydroxylation sites is 2. The third kappa shape index (κ3) is 4.25. The van der Waals surface area contributed by atoms with Crippen molar-refractivity contribution < 1.29 is 9.90 Å². The maximum atomic E-state index is 12.4. The van der Waals surface area contributed by atoms with Crippen LogP contribution in [-0.4, -0.2) is 17.7 Å². The molecule has 0 fully saturated rings. The third-order valence-corrected chi connectivity index (χ3v) is 3.91. The fraction of sp³-hybridized carbons (Fsp3) is 0.0952. The lowest BCUT2D eigenvalue weighted by Gasteiger charge is -2.14. The number of carbonyl (C=O) groups is 1. The molecule has 3 aromatic rings. The molecule has 3 rings (SSSR count). The zero-order valence-electron chi connectivity index (χ0n) is 13.8. The highest BCUT2D eigenvalue weighted by atomic mass is 16.3. The summed E-state index contributed by atoms with van der Waals surface area (Å²) in [4.78, 5) is 12.4. The number of anilines is 2. The summed E-state index contributed by atoms with van der Waals surface area (Å²) in [6.45, 7) is 0.0388. The Kier molecular flexibility index (Phi) is 5.44. The van der Waals surface area contributed by atoms with Crippen molar-refractivity contribution in [3.63, 3.8) is 0 Å². The maximum Gasteiger partial charge on any atom is 0.323 e. The molecule has 0 heterocycles. The SMILES string of the molecule is O=C(Nc1ccccc1CCO)Nc1ccccc1-c1ccccc1. The average molecular weight is 332 g/mol. The molecule has 0 aromatic heterocycles. The number of aliphatic hydroxyl groups is 1. The van der Waals surface area contributed by atoms with E-state index in [1.807, 2.05) is 78.9 Å². The van der Waals surface area contributed by atoms with E-state index in [0.29, 0.717) is 12.1 Å². The molecule has 0 aliphatic rings. The van der Waals surface area contributed by atoms with Crippen LogP contribution in [0, 0.1) is 0 Å². The van der Waals surface area contributed by atoms with Crippen LogP contribution in [0.25, 0.3) is 11.1 Å². The van der Waals surface area contributed by atoms with E-state index in [1.165, 1.54) is 0 Å². The molecule has 0 saturated carbocycles. The van der Waals surface area contributed by atoms with Crippen LogP contribution in [0.4, 0.5) is 16.2 Å². The van der Waals surface area contributed by atoms with Gasteiger partial charge in [0.25, 0.3) is 0 Å². The summed E-state index contributed by atoms with van der Waals surface area (Å²) < 4.78 is 0. The number of amides is 2. The fourth-order valence-electron chi connectivity index (χ4n) is 2.72. The highest BCUT2D eigenvalue weighted by molar-refractivity contribution is 6.02. The van der Waals surface area contributed by atoms with Gasteiger partial charge in [-0.2, -0.15) is 0 Å². The van der Waals surface area contributed by atoms with Gasteiger partial charge in [0.05, 0.1) is 5.69 Å². The monoisotopic (exact) mass is 332 g/mol. The van der Waals surface area contributed by atoms with Crippen LogP contribution in [-0.2, 0) is 6.42 Å². The lowest BCUT2D eigenvalue weighted by atomic mass is 10.0. The summed E-state index contributed by atoms with van der Waals surface area (Å²) in [5, 5.41) is 14.9. The first-order chi connectivity index (χ1) is 12.3. The Morgan fingerprint density at radius 3 is 2.12 bits per heavy atom. The van der Waals surface area contributed by atoms with Crippen LogP contribution < -0.4 is 10.6 Å². The largest absolute Gasteiger partial charge is 0.396 e. The molecular formula is C21H20N2O2. The first-order valence-electron chi connectivity index (χ1n) is 8.19. The molecule has 0 saturated heterocycles. The summed E-state index contributed by atoms with van der Waals surface area (Å²) in [5.41, 5.74) is 4.34. The number of benzene rings is 3. The summed E-state index contributed by atoms with van der Waals surface area (Å²) in [6, 6.07) is 24.8. The molecule has 4 heteroatoms. The molecule has 3 aromatic carbocycles. The number of aliphatic hydroxyl groups excluding tert-OH is 1. The van der Waals surface area contributed by atoms with E-state index in [4.69, 9.17) is 5.11 Å². The number of carbonyl (C=O) groups excluding carboxylic acids is 1. The van der Waals surface area contributed by atoms with Gasteiger partial charge in [-0.15, -0.1) is 0 Å². The molecule has 0 radical (unpaired) electrons. The standard InChI is InChI=1S/C21H20N2O2/c24-15-14-17-10-4-6-12-19(17)22-21(25)23-20-13-7-5-11-18(20)16-8-2-1-3-9-16/h1-13,24H,14-15H2,(H2,22,23,25). The third-order valence-electron chi connectivity index (χ3n) is 3.91. The quantitative estimate of drug-likeness (QED) is 0.643. The van der Waals surface area contributed by atoms with Crippen molar-refractivity contribution in [1.29, 1.82) is 0 Å². The van der Waals surface area contributed by atoms with Gasteiger partial charge in [0, 0.05) is 17.9 Å². The van der Waals surface area contributed by atoms with Gasteiger partial charge in [0.2, 0.25) is 0 Å². The van der Waals surface area contributed by atoms with Gasteiger partial charge in [-0.05, 0) is 29.7 Å². The first-order valence-corrected chi connectivity index (χ1v) is 8.19. The normalized spacial score (nSPS) is 10.3. The van der Waals surface area contributed by atoms with Gasteiger partial charge < -0.3 is 15.7 Å². The number of urea groups is 1. The van der Waals surface area contributed by atoms with Crippen LogP contribution >= 0.6 is 0 Å². The van der Waals surface area contributed by atoms with Crippen LogP contribution in [0.15, 0.2) is 78.9 Å². The van der Waals surface area contributed by atoms with Crippen molar-refractivity contribution in [2.75, 3.05) is 17.2 Å². The zero-order valence-corrected chi connectivity index (χ0v) is 13.8. The summed E-state index contributed by atoms with van der Waals surface area (Å²) >= 11 is 0. The molecule has 0 unspecified atom stereocenters. The maximum absolute atomic E-state index is 12.4. The Labute approximate surface area is 147 Å². The molecule has 0 bridgehead atoms. The highest BCUT2D eigenvalue weighted by Crippen LogP contribution is 2.27. The minimum atomic E-state index is -0.311. The Balaban J connectivity index is 1.79. The molecule has 0 aliphatic heterocycles. The van der Waals surface area contributed by atoms with E-state index in [0.717, 1.165) is 22.4 Å². The lowest BCUT2D eigenvalue weighted by Crippen LogP contribution is -2.20. The molecule has 0 spiro atoms. The van der Waals surface area contributed by atoms with E-state index in [-0.39, 0.29) is 12.6 Å². The molecular weight excluding hydrogens is 312 g/mol. The molecule has 0 atom stereocenters. The zero-order chi connectivity index (χ0) is 17.5. The van der Waals surface area contributed by atoms with Crippen LogP contribution in [0.3, 0.4) is 0 Å².